The van der Waals surface area contributed by atoms with Crippen LogP contribution in [0.4, 0.5) is 10.1 Å². The molecule has 1 aromatic carbocycles. The van der Waals surface area contributed by atoms with E-state index in [1.165, 1.54) is 19.2 Å². The maximum absolute atomic E-state index is 13.4. The molecule has 2 aromatic heterocycles. The smallest absolute Gasteiger partial charge is 0.340 e. The Balaban J connectivity index is 1.77. The fraction of sp³-hybridized carbons (Fsp3) is 0.211. The van der Waals surface area contributed by atoms with Gasteiger partial charge in [0.05, 0.1) is 30.6 Å². The molecule has 0 aliphatic carbocycles. The van der Waals surface area contributed by atoms with Gasteiger partial charge >= 0.3 is 5.97 Å². The van der Waals surface area contributed by atoms with Gasteiger partial charge < -0.3 is 14.5 Å². The van der Waals surface area contributed by atoms with E-state index < -0.39 is 17.7 Å². The van der Waals surface area contributed by atoms with Crippen molar-refractivity contribution < 1.29 is 23.1 Å². The number of methoxy groups -OCH3 is 1. The number of esters is 1. The standard InChI is InChI=1S/C19H18FN3O4/c1-11-8-12(2)23(22-11)10-14-5-7-17(27-14)18(24)21-16-6-4-13(20)9-15(16)19(25)26-3/h4-9H,10H2,1-3H3,(H,21,24). The van der Waals surface area contributed by atoms with Crippen molar-refractivity contribution in [1.29, 1.82) is 0 Å². The highest BCUT2D eigenvalue weighted by Gasteiger charge is 2.18. The molecule has 0 bridgehead atoms. The molecule has 140 valence electrons. The monoisotopic (exact) mass is 371 g/mol. The van der Waals surface area contributed by atoms with Gasteiger partial charge in [-0.2, -0.15) is 5.10 Å². The molecule has 2 heterocycles. The number of carbonyl (C=O) groups excluding carboxylic acids is 2. The van der Waals surface area contributed by atoms with Crippen molar-refractivity contribution in [2.75, 3.05) is 12.4 Å². The number of nitrogens with zero attached hydrogens (tertiary/aromatic N) is 2. The highest BCUT2D eigenvalue weighted by atomic mass is 19.1. The number of anilines is 1. The number of furan rings is 1. The van der Waals surface area contributed by atoms with Crippen LogP contribution in [0.15, 0.2) is 40.8 Å². The van der Waals surface area contributed by atoms with Crippen molar-refractivity contribution >= 4 is 17.6 Å². The second-order valence-corrected chi connectivity index (χ2v) is 5.99. The SMILES string of the molecule is COC(=O)c1cc(F)ccc1NC(=O)c1ccc(Cn2nc(C)cc2C)o1. The van der Waals surface area contributed by atoms with E-state index in [1.807, 2.05) is 19.9 Å². The van der Waals surface area contributed by atoms with Gasteiger partial charge in [0, 0.05) is 5.69 Å². The molecule has 0 fully saturated rings. The van der Waals surface area contributed by atoms with Gasteiger partial charge in [0.1, 0.15) is 11.6 Å². The average molecular weight is 371 g/mol. The molecule has 0 saturated heterocycles. The second-order valence-electron chi connectivity index (χ2n) is 5.99. The van der Waals surface area contributed by atoms with Gasteiger partial charge in [-0.15, -0.1) is 0 Å². The molecule has 0 aliphatic rings. The molecule has 0 spiro atoms. The number of hydrogen-bond donors (Lipinski definition) is 1. The minimum atomic E-state index is -0.755. The number of amides is 1. The summed E-state index contributed by atoms with van der Waals surface area (Å²) < 4.78 is 25.4. The van der Waals surface area contributed by atoms with E-state index in [2.05, 4.69) is 15.2 Å². The summed E-state index contributed by atoms with van der Waals surface area (Å²) in [5, 5.41) is 6.88. The van der Waals surface area contributed by atoms with E-state index in [0.717, 1.165) is 23.5 Å². The first-order valence-electron chi connectivity index (χ1n) is 8.16. The fourth-order valence-corrected chi connectivity index (χ4v) is 2.66. The Morgan fingerprint density at radius 3 is 2.67 bits per heavy atom. The lowest BCUT2D eigenvalue weighted by Crippen LogP contribution is -2.15. The molecule has 8 heteroatoms. The van der Waals surface area contributed by atoms with Gasteiger partial charge in [0.25, 0.3) is 5.91 Å². The Kier molecular flexibility index (Phi) is 5.07. The molecule has 0 radical (unpaired) electrons. The Morgan fingerprint density at radius 2 is 2.00 bits per heavy atom. The number of aromatic nitrogens is 2. The molecule has 3 rings (SSSR count). The predicted molar refractivity (Wildman–Crippen MR) is 95.2 cm³/mol. The van der Waals surface area contributed by atoms with E-state index in [4.69, 9.17) is 4.42 Å². The van der Waals surface area contributed by atoms with Crippen LogP contribution in [0.1, 0.15) is 38.1 Å². The van der Waals surface area contributed by atoms with Crippen LogP contribution in [0, 0.1) is 19.7 Å². The lowest BCUT2D eigenvalue weighted by Gasteiger charge is -2.09. The van der Waals surface area contributed by atoms with Crippen LogP contribution < -0.4 is 5.32 Å². The van der Waals surface area contributed by atoms with Gasteiger partial charge in [-0.05, 0) is 50.2 Å². The Morgan fingerprint density at radius 1 is 1.22 bits per heavy atom. The van der Waals surface area contributed by atoms with Crippen LogP contribution in [-0.4, -0.2) is 28.8 Å². The third kappa shape index (κ3) is 4.05. The van der Waals surface area contributed by atoms with Crippen LogP contribution in [-0.2, 0) is 11.3 Å². The van der Waals surface area contributed by atoms with E-state index in [9.17, 15) is 14.0 Å². The summed E-state index contributed by atoms with van der Waals surface area (Å²) in [6.07, 6.45) is 0. The van der Waals surface area contributed by atoms with Crippen molar-refractivity contribution in [3.8, 4) is 0 Å². The van der Waals surface area contributed by atoms with Crippen molar-refractivity contribution in [2.24, 2.45) is 0 Å². The lowest BCUT2D eigenvalue weighted by molar-refractivity contribution is 0.0601. The molecule has 7 nitrogen and oxygen atoms in total. The summed E-state index contributed by atoms with van der Waals surface area (Å²) in [5.41, 5.74) is 1.91. The highest BCUT2D eigenvalue weighted by molar-refractivity contribution is 6.06. The third-order valence-electron chi connectivity index (χ3n) is 3.93. The maximum Gasteiger partial charge on any atom is 0.340 e. The molecule has 1 N–H and O–H groups in total. The summed E-state index contributed by atoms with van der Waals surface area (Å²) >= 11 is 0. The van der Waals surface area contributed by atoms with E-state index >= 15 is 0 Å². The number of hydrogen-bond acceptors (Lipinski definition) is 5. The average Bonchev–Trinajstić information content (AvgIpc) is 3.22. The molecule has 0 aliphatic heterocycles. The molecular weight excluding hydrogens is 353 g/mol. The summed E-state index contributed by atoms with van der Waals surface area (Å²) in [5.74, 6) is -1.32. The topological polar surface area (TPSA) is 86.4 Å². The van der Waals surface area contributed by atoms with Gasteiger partial charge in [-0.1, -0.05) is 0 Å². The van der Waals surface area contributed by atoms with Crippen molar-refractivity contribution in [1.82, 2.24) is 9.78 Å². The molecule has 3 aromatic rings. The van der Waals surface area contributed by atoms with Crippen molar-refractivity contribution in [3.05, 3.63) is 70.7 Å². The predicted octanol–water partition coefficient (Wildman–Crippen LogP) is 3.32. The zero-order valence-corrected chi connectivity index (χ0v) is 15.1. The largest absolute Gasteiger partial charge is 0.465 e. The highest BCUT2D eigenvalue weighted by Crippen LogP contribution is 2.20. The molecule has 1 amide bonds. The fourth-order valence-electron chi connectivity index (χ4n) is 2.66. The first kappa shape index (κ1) is 18.4. The zero-order chi connectivity index (χ0) is 19.6. The van der Waals surface area contributed by atoms with E-state index in [1.54, 1.807) is 10.7 Å². The van der Waals surface area contributed by atoms with Crippen LogP contribution in [0.2, 0.25) is 0 Å². The molecular formula is C19H18FN3O4. The Hall–Kier alpha value is -3.42. The van der Waals surface area contributed by atoms with Crippen LogP contribution in [0.25, 0.3) is 0 Å². The number of halogens is 1. The third-order valence-corrected chi connectivity index (χ3v) is 3.93. The molecule has 0 saturated carbocycles. The number of carbonyl (C=O) groups is 2. The van der Waals surface area contributed by atoms with Crippen LogP contribution in [0.3, 0.4) is 0 Å². The minimum Gasteiger partial charge on any atom is -0.465 e. The van der Waals surface area contributed by atoms with E-state index in [0.29, 0.717) is 12.3 Å². The number of rotatable bonds is 5. The summed E-state index contributed by atoms with van der Waals surface area (Å²) in [7, 11) is 1.18. The number of aryl methyl sites for hydroxylation is 2. The number of nitrogens with one attached hydrogen (secondary N) is 1. The lowest BCUT2D eigenvalue weighted by atomic mass is 10.1. The number of benzene rings is 1. The molecule has 0 unspecified atom stereocenters. The van der Waals surface area contributed by atoms with Gasteiger partial charge in [-0.3, -0.25) is 9.48 Å². The van der Waals surface area contributed by atoms with Gasteiger partial charge in [-0.25, -0.2) is 9.18 Å². The summed E-state index contributed by atoms with van der Waals surface area (Å²) in [6, 6.07) is 8.57. The first-order valence-corrected chi connectivity index (χ1v) is 8.16. The quantitative estimate of drug-likeness (QED) is 0.696. The van der Waals surface area contributed by atoms with Crippen LogP contribution >= 0.6 is 0 Å². The Labute approximate surface area is 154 Å². The van der Waals surface area contributed by atoms with Crippen molar-refractivity contribution in [3.63, 3.8) is 0 Å². The summed E-state index contributed by atoms with van der Waals surface area (Å²) in [4.78, 5) is 24.2. The maximum atomic E-state index is 13.4. The van der Waals surface area contributed by atoms with Crippen LogP contribution in [0.5, 0.6) is 0 Å². The summed E-state index contributed by atoms with van der Waals surface area (Å²) in [6.45, 7) is 4.21. The zero-order valence-electron chi connectivity index (χ0n) is 15.1. The number of ether oxygens (including phenoxy) is 1. The second kappa shape index (κ2) is 7.45. The first-order chi connectivity index (χ1) is 12.9. The molecule has 0 atom stereocenters. The Bertz CT molecular complexity index is 1010. The van der Waals surface area contributed by atoms with Crippen molar-refractivity contribution in [2.45, 2.75) is 20.4 Å². The minimum absolute atomic E-state index is 0.0617. The van der Waals surface area contributed by atoms with Gasteiger partial charge in [0.2, 0.25) is 0 Å². The van der Waals surface area contributed by atoms with E-state index in [-0.39, 0.29) is 17.0 Å². The molecule has 27 heavy (non-hydrogen) atoms. The normalized spacial score (nSPS) is 10.7. The van der Waals surface area contributed by atoms with Gasteiger partial charge in [0.15, 0.2) is 5.76 Å².